The topological polar surface area (TPSA) is 95.9 Å². The van der Waals surface area contributed by atoms with E-state index in [4.69, 9.17) is 4.74 Å². The number of piperidine rings is 1. The number of nitrogens with one attached hydrogen (secondary N) is 1. The summed E-state index contributed by atoms with van der Waals surface area (Å²) in [5.74, 6) is -0.475. The predicted molar refractivity (Wildman–Crippen MR) is 124 cm³/mol. The van der Waals surface area contributed by atoms with Crippen LogP contribution in [-0.2, 0) is 14.3 Å². The molecule has 4 aliphatic rings. The van der Waals surface area contributed by atoms with Gasteiger partial charge in [0.1, 0.15) is 6.61 Å². The Labute approximate surface area is 198 Å². The number of carboxylic acids is 1. The molecule has 6 rings (SSSR count). The van der Waals surface area contributed by atoms with Gasteiger partial charge < -0.3 is 20.1 Å². The van der Waals surface area contributed by atoms with E-state index in [-0.39, 0.29) is 48.0 Å². The highest BCUT2D eigenvalue weighted by Crippen LogP contribution is 2.52. The molecule has 3 fully saturated rings. The van der Waals surface area contributed by atoms with Gasteiger partial charge in [0.25, 0.3) is 0 Å². The van der Waals surface area contributed by atoms with Crippen molar-refractivity contribution in [2.24, 2.45) is 29.6 Å². The molecule has 3 aliphatic carbocycles. The van der Waals surface area contributed by atoms with Gasteiger partial charge in [-0.05, 0) is 52.8 Å². The van der Waals surface area contributed by atoms with Crippen molar-refractivity contribution in [3.8, 4) is 11.1 Å². The number of fused-ring (bicyclic) bond motifs is 4. The number of alkyl carbamates (subject to hydrolysis) is 1. The van der Waals surface area contributed by atoms with Gasteiger partial charge in [0.05, 0.1) is 5.92 Å². The van der Waals surface area contributed by atoms with Gasteiger partial charge in [0.15, 0.2) is 0 Å². The molecule has 0 radical (unpaired) electrons. The third-order valence-electron chi connectivity index (χ3n) is 8.18. The summed E-state index contributed by atoms with van der Waals surface area (Å²) < 4.78 is 5.58. The zero-order chi connectivity index (χ0) is 23.4. The quantitative estimate of drug-likeness (QED) is 0.689. The van der Waals surface area contributed by atoms with Crippen molar-refractivity contribution in [3.05, 3.63) is 59.7 Å². The summed E-state index contributed by atoms with van der Waals surface area (Å²) in [4.78, 5) is 38.3. The van der Waals surface area contributed by atoms with E-state index >= 15 is 0 Å². The fourth-order valence-corrected chi connectivity index (χ4v) is 6.18. The summed E-state index contributed by atoms with van der Waals surface area (Å²) in [6, 6.07) is 16.4. The molecule has 1 unspecified atom stereocenters. The van der Waals surface area contributed by atoms with Gasteiger partial charge in [-0.1, -0.05) is 48.5 Å². The van der Waals surface area contributed by atoms with E-state index in [0.29, 0.717) is 19.6 Å². The zero-order valence-corrected chi connectivity index (χ0v) is 18.9. The average Bonchev–Trinajstić information content (AvgIpc) is 3.75. The molecule has 1 aliphatic heterocycles. The molecule has 1 heterocycles. The highest BCUT2D eigenvalue weighted by Gasteiger charge is 2.58. The van der Waals surface area contributed by atoms with Gasteiger partial charge >= 0.3 is 12.1 Å². The molecule has 34 heavy (non-hydrogen) atoms. The van der Waals surface area contributed by atoms with E-state index in [2.05, 4.69) is 29.6 Å². The van der Waals surface area contributed by atoms with E-state index in [9.17, 15) is 19.5 Å². The molecule has 7 heteroatoms. The van der Waals surface area contributed by atoms with Gasteiger partial charge in [0, 0.05) is 31.5 Å². The highest BCUT2D eigenvalue weighted by atomic mass is 16.5. The maximum atomic E-state index is 12.8. The molecule has 2 amide bonds. The lowest BCUT2D eigenvalue weighted by atomic mass is 9.98. The minimum absolute atomic E-state index is 0.0216. The fraction of sp³-hybridized carbons (Fsp3) is 0.444. The van der Waals surface area contributed by atoms with Crippen molar-refractivity contribution >= 4 is 18.0 Å². The first-order valence-electron chi connectivity index (χ1n) is 12.1. The maximum absolute atomic E-state index is 12.8. The van der Waals surface area contributed by atoms with E-state index in [1.807, 2.05) is 29.2 Å². The molecule has 1 saturated heterocycles. The number of carbonyl (C=O) groups excluding carboxylic acids is 2. The van der Waals surface area contributed by atoms with Gasteiger partial charge in [-0.3, -0.25) is 9.59 Å². The number of amides is 2. The number of hydrogen-bond acceptors (Lipinski definition) is 4. The Morgan fingerprint density at radius 1 is 1.00 bits per heavy atom. The number of hydrogen-bond donors (Lipinski definition) is 2. The van der Waals surface area contributed by atoms with E-state index in [0.717, 1.165) is 12.8 Å². The number of ether oxygens (including phenoxy) is 1. The molecule has 2 aromatic rings. The van der Waals surface area contributed by atoms with Gasteiger partial charge in [-0.2, -0.15) is 0 Å². The van der Waals surface area contributed by atoms with Crippen LogP contribution in [0.3, 0.4) is 0 Å². The SMILES string of the molecule is O=C(NC[C@@H]1C[C@@H]1C(=O)N1CC[C@H]2C(C(=O)O)[C@H]2C1)OCC1c2ccccc2-c2ccccc21. The molecule has 7 nitrogen and oxygen atoms in total. The van der Waals surface area contributed by atoms with Crippen LogP contribution in [-0.4, -0.2) is 54.2 Å². The minimum atomic E-state index is -0.735. The summed E-state index contributed by atoms with van der Waals surface area (Å²) in [7, 11) is 0. The Hall–Kier alpha value is -3.35. The number of benzene rings is 2. The first-order chi connectivity index (χ1) is 16.5. The van der Waals surface area contributed by atoms with Crippen LogP contribution in [0.1, 0.15) is 29.9 Å². The molecular formula is C27H28N2O5. The molecule has 0 bridgehead atoms. The second-order valence-corrected chi connectivity index (χ2v) is 10.1. The van der Waals surface area contributed by atoms with Crippen LogP contribution in [0.25, 0.3) is 11.1 Å². The van der Waals surface area contributed by atoms with Crippen molar-refractivity contribution < 1.29 is 24.2 Å². The van der Waals surface area contributed by atoms with Crippen molar-refractivity contribution in [1.82, 2.24) is 10.2 Å². The molecule has 5 atom stereocenters. The molecule has 2 saturated carbocycles. The summed E-state index contributed by atoms with van der Waals surface area (Å²) in [5, 5.41) is 12.1. The molecular weight excluding hydrogens is 432 g/mol. The maximum Gasteiger partial charge on any atom is 0.407 e. The molecule has 0 aromatic heterocycles. The van der Waals surface area contributed by atoms with E-state index in [1.54, 1.807) is 0 Å². The second kappa shape index (κ2) is 8.15. The van der Waals surface area contributed by atoms with Crippen molar-refractivity contribution in [3.63, 3.8) is 0 Å². The summed E-state index contributed by atoms with van der Waals surface area (Å²) in [6.07, 6.45) is 1.08. The third kappa shape index (κ3) is 3.63. The lowest BCUT2D eigenvalue weighted by Crippen LogP contribution is -2.38. The number of carboxylic acid groups (broad SMARTS) is 1. The number of aliphatic carboxylic acids is 1. The molecule has 0 spiro atoms. The summed E-state index contributed by atoms with van der Waals surface area (Å²) >= 11 is 0. The third-order valence-corrected chi connectivity index (χ3v) is 8.18. The molecule has 2 N–H and O–H groups in total. The summed E-state index contributed by atoms with van der Waals surface area (Å²) in [5.41, 5.74) is 4.73. The predicted octanol–water partition coefficient (Wildman–Crippen LogP) is 3.34. The number of carbonyl (C=O) groups is 3. The normalized spacial score (nSPS) is 28.4. The fourth-order valence-electron chi connectivity index (χ4n) is 6.18. The van der Waals surface area contributed by atoms with Crippen LogP contribution >= 0.6 is 0 Å². The monoisotopic (exact) mass is 460 g/mol. The van der Waals surface area contributed by atoms with Crippen LogP contribution in [0.4, 0.5) is 4.79 Å². The minimum Gasteiger partial charge on any atom is -0.481 e. The van der Waals surface area contributed by atoms with Crippen molar-refractivity contribution in [1.29, 1.82) is 0 Å². The van der Waals surface area contributed by atoms with Gasteiger partial charge in [0.2, 0.25) is 5.91 Å². The number of likely N-dealkylation sites (tertiary alicyclic amines) is 1. The Morgan fingerprint density at radius 2 is 1.68 bits per heavy atom. The number of nitrogens with zero attached hydrogens (tertiary/aromatic N) is 1. The van der Waals surface area contributed by atoms with Crippen LogP contribution in [0.5, 0.6) is 0 Å². The average molecular weight is 461 g/mol. The smallest absolute Gasteiger partial charge is 0.407 e. The highest BCUT2D eigenvalue weighted by molar-refractivity contribution is 5.83. The van der Waals surface area contributed by atoms with Crippen LogP contribution in [0.2, 0.25) is 0 Å². The largest absolute Gasteiger partial charge is 0.481 e. The summed E-state index contributed by atoms with van der Waals surface area (Å²) in [6.45, 7) is 1.90. The first-order valence-corrected chi connectivity index (χ1v) is 12.1. The van der Waals surface area contributed by atoms with Gasteiger partial charge in [-0.25, -0.2) is 4.79 Å². The Bertz CT molecular complexity index is 1120. The van der Waals surface area contributed by atoms with E-state index < -0.39 is 12.1 Å². The van der Waals surface area contributed by atoms with Crippen LogP contribution in [0, 0.1) is 29.6 Å². The standard InChI is InChI=1S/C27H28N2O5/c30-25(29-10-9-20-22(13-29)24(20)26(31)32)21-11-15(21)12-28-27(33)34-14-23-18-7-3-1-5-16(18)17-6-2-4-8-19(17)23/h1-8,15,20-24H,9-14H2,(H,28,33)(H,31,32)/t15-,20+,21-,22-,24?/m0/s1. The molecule has 176 valence electrons. The van der Waals surface area contributed by atoms with Gasteiger partial charge in [-0.15, -0.1) is 0 Å². The Balaban J connectivity index is 0.979. The molecule has 2 aromatic carbocycles. The van der Waals surface area contributed by atoms with Crippen molar-refractivity contribution in [2.45, 2.75) is 18.8 Å². The zero-order valence-electron chi connectivity index (χ0n) is 18.9. The first kappa shape index (κ1) is 21.2. The Morgan fingerprint density at radius 3 is 2.35 bits per heavy atom. The number of rotatable bonds is 6. The van der Waals surface area contributed by atoms with Crippen LogP contribution < -0.4 is 5.32 Å². The second-order valence-electron chi connectivity index (χ2n) is 10.1. The van der Waals surface area contributed by atoms with Crippen LogP contribution in [0.15, 0.2) is 48.5 Å². The lowest BCUT2D eigenvalue weighted by Gasteiger charge is -2.26. The lowest BCUT2D eigenvalue weighted by molar-refractivity contribution is -0.139. The Kier molecular flexibility index (Phi) is 5.08. The van der Waals surface area contributed by atoms with Crippen molar-refractivity contribution in [2.75, 3.05) is 26.2 Å². The van der Waals surface area contributed by atoms with E-state index in [1.165, 1.54) is 22.3 Å².